The fourth-order valence-electron chi connectivity index (χ4n) is 2.20. The van der Waals surface area contributed by atoms with Crippen molar-refractivity contribution in [2.45, 2.75) is 65.6 Å². The summed E-state index contributed by atoms with van der Waals surface area (Å²) in [6.45, 7) is 11.7. The molecule has 1 rings (SSSR count). The summed E-state index contributed by atoms with van der Waals surface area (Å²) in [7, 11) is 0. The van der Waals surface area contributed by atoms with Gasteiger partial charge in [0.25, 0.3) is 0 Å². The second-order valence-electron chi connectivity index (χ2n) is 8.05. The van der Waals surface area contributed by atoms with Crippen LogP contribution >= 0.6 is 0 Å². The van der Waals surface area contributed by atoms with Crippen LogP contribution in [0.15, 0.2) is 12.2 Å². The molecule has 0 N–H and O–H groups in total. The van der Waals surface area contributed by atoms with Crippen LogP contribution in [-0.4, -0.2) is 47.4 Å². The zero-order valence-corrected chi connectivity index (χ0v) is 16.0. The molecule has 0 saturated carbocycles. The summed E-state index contributed by atoms with van der Waals surface area (Å²) >= 11 is 0. The van der Waals surface area contributed by atoms with Crippen molar-refractivity contribution in [2.24, 2.45) is 5.92 Å². The predicted molar refractivity (Wildman–Crippen MR) is 92.0 cm³/mol. The average molecular weight is 355 g/mol. The highest BCUT2D eigenvalue weighted by atomic mass is 16.7. The van der Waals surface area contributed by atoms with Crippen LogP contribution in [0.3, 0.4) is 0 Å². The third kappa shape index (κ3) is 9.12. The summed E-state index contributed by atoms with van der Waals surface area (Å²) in [5.74, 6) is -0.617. The highest BCUT2D eigenvalue weighted by Crippen LogP contribution is 2.20. The fourth-order valence-corrected chi connectivity index (χ4v) is 2.20. The molecule has 0 aromatic heterocycles. The molecule has 1 heterocycles. The van der Waals surface area contributed by atoms with Gasteiger partial charge in [-0.15, -0.1) is 0 Å². The Labute approximate surface area is 149 Å². The smallest absolute Gasteiger partial charge is 0.444 e. The van der Waals surface area contributed by atoms with Crippen LogP contribution in [0.25, 0.3) is 0 Å². The lowest BCUT2D eigenvalue weighted by atomic mass is 9.96. The number of hydrogen-bond donors (Lipinski definition) is 0. The maximum Gasteiger partial charge on any atom is 0.516 e. The molecule has 0 atom stereocenters. The van der Waals surface area contributed by atoms with E-state index in [0.717, 1.165) is 12.8 Å². The largest absolute Gasteiger partial charge is 0.516 e. The first-order valence-corrected chi connectivity index (χ1v) is 8.47. The van der Waals surface area contributed by atoms with E-state index in [0.29, 0.717) is 13.1 Å². The van der Waals surface area contributed by atoms with Crippen molar-refractivity contribution in [3.05, 3.63) is 12.2 Å². The number of carbonyl (C=O) groups is 3. The third-order valence-corrected chi connectivity index (χ3v) is 3.27. The molecule has 1 aliphatic rings. The van der Waals surface area contributed by atoms with E-state index in [-0.39, 0.29) is 12.0 Å². The molecule has 25 heavy (non-hydrogen) atoms. The third-order valence-electron chi connectivity index (χ3n) is 3.27. The van der Waals surface area contributed by atoms with Crippen LogP contribution in [0.1, 0.15) is 54.4 Å². The van der Waals surface area contributed by atoms with Gasteiger partial charge in [-0.2, -0.15) is 0 Å². The van der Waals surface area contributed by atoms with Gasteiger partial charge in [0.1, 0.15) is 11.2 Å². The van der Waals surface area contributed by atoms with Gasteiger partial charge in [-0.1, -0.05) is 6.08 Å². The van der Waals surface area contributed by atoms with Crippen LogP contribution in [0, 0.1) is 5.92 Å². The summed E-state index contributed by atoms with van der Waals surface area (Å²) < 4.78 is 14.8. The fraction of sp³-hybridized carbons (Fsp3) is 0.722. The topological polar surface area (TPSA) is 82.1 Å². The molecule has 1 amide bonds. The zero-order chi connectivity index (χ0) is 19.3. The van der Waals surface area contributed by atoms with E-state index in [1.165, 1.54) is 6.08 Å². The number of allylic oxidation sites excluding steroid dienone is 1. The molecule has 0 radical (unpaired) electrons. The molecule has 142 valence electrons. The van der Waals surface area contributed by atoms with E-state index >= 15 is 0 Å². The highest BCUT2D eigenvalue weighted by molar-refractivity contribution is 5.89. The Kier molecular flexibility index (Phi) is 7.02. The van der Waals surface area contributed by atoms with E-state index in [1.54, 1.807) is 31.7 Å². The van der Waals surface area contributed by atoms with E-state index < -0.39 is 23.3 Å². The van der Waals surface area contributed by atoms with E-state index in [4.69, 9.17) is 9.47 Å². The maximum absolute atomic E-state index is 12.0. The molecular formula is C18H29NO6. The number of nitrogens with zero attached hydrogens (tertiary/aromatic N) is 1. The summed E-state index contributed by atoms with van der Waals surface area (Å²) in [5, 5.41) is 0. The van der Waals surface area contributed by atoms with Crippen molar-refractivity contribution < 1.29 is 28.6 Å². The number of ether oxygens (including phenoxy) is 3. The monoisotopic (exact) mass is 355 g/mol. The van der Waals surface area contributed by atoms with Gasteiger partial charge in [0.05, 0.1) is 0 Å². The van der Waals surface area contributed by atoms with Crippen molar-refractivity contribution in [1.29, 1.82) is 0 Å². The Hall–Kier alpha value is -2.05. The molecule has 1 fully saturated rings. The molecule has 0 spiro atoms. The number of hydrogen-bond acceptors (Lipinski definition) is 6. The first-order valence-electron chi connectivity index (χ1n) is 8.47. The number of esters is 1. The Morgan fingerprint density at radius 1 is 0.920 bits per heavy atom. The molecule has 1 aliphatic heterocycles. The van der Waals surface area contributed by atoms with Gasteiger partial charge in [0.2, 0.25) is 0 Å². The van der Waals surface area contributed by atoms with Gasteiger partial charge in [0, 0.05) is 19.2 Å². The number of likely N-dealkylation sites (tertiary alicyclic amines) is 1. The highest BCUT2D eigenvalue weighted by Gasteiger charge is 2.26. The molecular weight excluding hydrogens is 326 g/mol. The first kappa shape index (κ1) is 21.0. The van der Waals surface area contributed by atoms with Crippen LogP contribution < -0.4 is 0 Å². The van der Waals surface area contributed by atoms with Gasteiger partial charge in [-0.3, -0.25) is 0 Å². The maximum atomic E-state index is 12.0. The molecule has 7 nitrogen and oxygen atoms in total. The zero-order valence-electron chi connectivity index (χ0n) is 16.0. The number of piperidine rings is 1. The Morgan fingerprint density at radius 3 is 1.92 bits per heavy atom. The van der Waals surface area contributed by atoms with E-state index in [1.807, 2.05) is 20.8 Å². The minimum Gasteiger partial charge on any atom is -0.444 e. The lowest BCUT2D eigenvalue weighted by Gasteiger charge is -2.32. The standard InChI is InChI=1S/C18H29NO6/c1-17(2,3)24-15(21)19-11-9-13(10-12-19)7-8-14(20)23-16(22)25-18(4,5)6/h7-8,13H,9-12H2,1-6H3/b8-7+. The van der Waals surface area contributed by atoms with Crippen LogP contribution in [0.4, 0.5) is 9.59 Å². The summed E-state index contributed by atoms with van der Waals surface area (Å²) in [4.78, 5) is 36.7. The molecule has 0 aromatic rings. The van der Waals surface area contributed by atoms with Gasteiger partial charge >= 0.3 is 18.2 Å². The van der Waals surface area contributed by atoms with Crippen LogP contribution in [0.5, 0.6) is 0 Å². The van der Waals surface area contributed by atoms with Crippen molar-refractivity contribution in [3.8, 4) is 0 Å². The van der Waals surface area contributed by atoms with Crippen molar-refractivity contribution >= 4 is 18.2 Å². The minimum absolute atomic E-state index is 0.143. The van der Waals surface area contributed by atoms with E-state index in [9.17, 15) is 14.4 Å². The summed E-state index contributed by atoms with van der Waals surface area (Å²) in [5.41, 5.74) is -1.23. The van der Waals surface area contributed by atoms with Crippen LogP contribution in [0.2, 0.25) is 0 Å². The number of carbonyl (C=O) groups excluding carboxylic acids is 3. The van der Waals surface area contributed by atoms with Gasteiger partial charge < -0.3 is 19.1 Å². The first-order chi connectivity index (χ1) is 11.4. The molecule has 1 saturated heterocycles. The SMILES string of the molecule is CC(C)(C)OC(=O)OC(=O)/C=C/C1CCN(C(=O)OC(C)(C)C)CC1. The van der Waals surface area contributed by atoms with Gasteiger partial charge in [-0.25, -0.2) is 14.4 Å². The molecule has 0 aromatic carbocycles. The van der Waals surface area contributed by atoms with Gasteiger partial charge in [-0.05, 0) is 60.3 Å². The lowest BCUT2D eigenvalue weighted by molar-refractivity contribution is -0.135. The van der Waals surface area contributed by atoms with Crippen molar-refractivity contribution in [2.75, 3.05) is 13.1 Å². The lowest BCUT2D eigenvalue weighted by Crippen LogP contribution is -2.41. The minimum atomic E-state index is -1.01. The molecule has 0 unspecified atom stereocenters. The Balaban J connectivity index is 2.38. The molecule has 7 heteroatoms. The quantitative estimate of drug-likeness (QED) is 0.427. The average Bonchev–Trinajstić information content (AvgIpc) is 2.41. The van der Waals surface area contributed by atoms with Crippen molar-refractivity contribution in [1.82, 2.24) is 4.90 Å². The molecule has 0 bridgehead atoms. The second kappa shape index (κ2) is 8.36. The predicted octanol–water partition coefficient (Wildman–Crippen LogP) is 3.67. The Bertz CT molecular complexity index is 519. The Morgan fingerprint density at radius 2 is 1.44 bits per heavy atom. The van der Waals surface area contributed by atoms with Crippen molar-refractivity contribution in [3.63, 3.8) is 0 Å². The number of rotatable bonds is 2. The molecule has 0 aliphatic carbocycles. The van der Waals surface area contributed by atoms with Crippen LogP contribution in [-0.2, 0) is 19.0 Å². The van der Waals surface area contributed by atoms with E-state index in [2.05, 4.69) is 4.74 Å². The summed E-state index contributed by atoms with van der Waals surface area (Å²) in [6.07, 6.45) is 3.04. The number of amides is 1. The second-order valence-corrected chi connectivity index (χ2v) is 8.05. The van der Waals surface area contributed by atoms with Gasteiger partial charge in [0.15, 0.2) is 0 Å². The normalized spacial score (nSPS) is 16.6. The summed E-state index contributed by atoms with van der Waals surface area (Å²) in [6, 6.07) is 0.